The molecular weight excluding hydrogens is 221 g/mol. The van der Waals surface area contributed by atoms with Crippen LogP contribution in [0.15, 0.2) is 18.2 Å². The number of hydrazine groups is 1. The van der Waals surface area contributed by atoms with Crippen LogP contribution in [0.25, 0.3) is 0 Å². The van der Waals surface area contributed by atoms with Gasteiger partial charge in [-0.05, 0) is 31.7 Å². The van der Waals surface area contributed by atoms with E-state index in [4.69, 9.17) is 10.5 Å². The van der Waals surface area contributed by atoms with Crippen LogP contribution in [-0.4, -0.2) is 19.7 Å². The fraction of sp³-hybridized carbons (Fsp3) is 0.500. The molecule has 0 saturated carbocycles. The molecule has 1 aromatic rings. The molecule has 0 aromatic heterocycles. The van der Waals surface area contributed by atoms with Crippen LogP contribution in [0.1, 0.15) is 18.5 Å². The van der Waals surface area contributed by atoms with Crippen molar-refractivity contribution in [2.24, 2.45) is 11.7 Å². The third-order valence-corrected chi connectivity index (χ3v) is 3.34. The van der Waals surface area contributed by atoms with Gasteiger partial charge in [0, 0.05) is 17.5 Å². The Bertz CT molecular complexity index is 399. The van der Waals surface area contributed by atoms with Gasteiger partial charge in [0.2, 0.25) is 0 Å². The molecule has 1 aliphatic heterocycles. The zero-order valence-electron chi connectivity index (χ0n) is 10.0. The highest BCUT2D eigenvalue weighted by Gasteiger charge is 2.34. The van der Waals surface area contributed by atoms with E-state index in [1.54, 1.807) is 13.2 Å². The summed E-state index contributed by atoms with van der Waals surface area (Å²) in [6.45, 7) is 2.59. The van der Waals surface area contributed by atoms with Gasteiger partial charge >= 0.3 is 0 Å². The van der Waals surface area contributed by atoms with Gasteiger partial charge in [-0.1, -0.05) is 0 Å². The van der Waals surface area contributed by atoms with Crippen LogP contribution in [0.4, 0.5) is 4.39 Å². The molecule has 1 fully saturated rings. The van der Waals surface area contributed by atoms with Gasteiger partial charge in [0.25, 0.3) is 0 Å². The molecule has 1 saturated heterocycles. The molecule has 1 aromatic carbocycles. The molecule has 4 N–H and O–H groups in total. The number of ether oxygens (including phenoxy) is 1. The molecular formula is C12H18FN3O. The van der Waals surface area contributed by atoms with Crippen LogP contribution in [0, 0.1) is 11.7 Å². The van der Waals surface area contributed by atoms with E-state index < -0.39 is 0 Å². The first-order valence-corrected chi connectivity index (χ1v) is 5.72. The fourth-order valence-electron chi connectivity index (χ4n) is 2.32. The molecule has 0 spiro atoms. The highest BCUT2D eigenvalue weighted by molar-refractivity contribution is 5.37. The molecule has 94 valence electrons. The molecule has 4 nitrogen and oxygen atoms in total. The number of benzene rings is 1. The monoisotopic (exact) mass is 239 g/mol. The SMILES string of the molecule is COc1ccc(F)cc1C1NNC(C)C1CN. The molecule has 3 atom stereocenters. The zero-order chi connectivity index (χ0) is 12.4. The molecule has 0 bridgehead atoms. The quantitative estimate of drug-likeness (QED) is 0.735. The van der Waals surface area contributed by atoms with Crippen LogP contribution < -0.4 is 21.3 Å². The van der Waals surface area contributed by atoms with Crippen molar-refractivity contribution in [3.63, 3.8) is 0 Å². The molecule has 17 heavy (non-hydrogen) atoms. The number of nitrogens with one attached hydrogen (secondary N) is 2. The minimum atomic E-state index is -0.266. The zero-order valence-corrected chi connectivity index (χ0v) is 10.0. The molecule has 3 unspecified atom stereocenters. The molecule has 0 amide bonds. The Morgan fingerprint density at radius 3 is 2.82 bits per heavy atom. The molecule has 2 rings (SSSR count). The largest absolute Gasteiger partial charge is 0.496 e. The van der Waals surface area contributed by atoms with E-state index in [9.17, 15) is 4.39 Å². The van der Waals surface area contributed by atoms with Gasteiger partial charge in [0.05, 0.1) is 13.2 Å². The molecule has 0 radical (unpaired) electrons. The number of hydrogen-bond acceptors (Lipinski definition) is 4. The van der Waals surface area contributed by atoms with Crippen LogP contribution in [-0.2, 0) is 0 Å². The van der Waals surface area contributed by atoms with E-state index in [1.165, 1.54) is 12.1 Å². The maximum Gasteiger partial charge on any atom is 0.123 e. The van der Waals surface area contributed by atoms with Crippen LogP contribution in [0.5, 0.6) is 5.75 Å². The Morgan fingerprint density at radius 2 is 2.18 bits per heavy atom. The van der Waals surface area contributed by atoms with Crippen molar-refractivity contribution < 1.29 is 9.13 Å². The van der Waals surface area contributed by atoms with E-state index in [0.717, 1.165) is 5.56 Å². The maximum atomic E-state index is 13.3. The van der Waals surface area contributed by atoms with E-state index in [2.05, 4.69) is 17.8 Å². The van der Waals surface area contributed by atoms with Crippen molar-refractivity contribution in [1.29, 1.82) is 0 Å². The Labute approximate surface area is 100 Å². The summed E-state index contributed by atoms with van der Waals surface area (Å²) in [7, 11) is 1.58. The Kier molecular flexibility index (Phi) is 3.61. The number of methoxy groups -OCH3 is 1. The first-order chi connectivity index (χ1) is 8.17. The average molecular weight is 239 g/mol. The third kappa shape index (κ3) is 2.26. The van der Waals surface area contributed by atoms with Crippen LogP contribution in [0.3, 0.4) is 0 Å². The minimum Gasteiger partial charge on any atom is -0.496 e. The van der Waals surface area contributed by atoms with E-state index in [0.29, 0.717) is 12.3 Å². The van der Waals surface area contributed by atoms with Gasteiger partial charge < -0.3 is 10.5 Å². The standard InChI is InChI=1S/C12H18FN3O/c1-7-10(6-14)12(16-15-7)9-5-8(13)3-4-11(9)17-2/h3-5,7,10,12,15-16H,6,14H2,1-2H3. The van der Waals surface area contributed by atoms with Gasteiger partial charge in [-0.25, -0.2) is 9.82 Å². The summed E-state index contributed by atoms with van der Waals surface area (Å²) in [5, 5.41) is 0. The molecule has 1 heterocycles. The summed E-state index contributed by atoms with van der Waals surface area (Å²) < 4.78 is 18.6. The molecule has 5 heteroatoms. The van der Waals surface area contributed by atoms with Crippen molar-refractivity contribution >= 4 is 0 Å². The minimum absolute atomic E-state index is 0.0272. The summed E-state index contributed by atoms with van der Waals surface area (Å²) in [6, 6.07) is 4.76. The van der Waals surface area contributed by atoms with Crippen molar-refractivity contribution in [3.05, 3.63) is 29.6 Å². The Hall–Kier alpha value is -1.17. The van der Waals surface area contributed by atoms with Gasteiger partial charge in [-0.2, -0.15) is 0 Å². The highest BCUT2D eigenvalue weighted by atomic mass is 19.1. The van der Waals surface area contributed by atoms with E-state index in [-0.39, 0.29) is 23.8 Å². The predicted molar refractivity (Wildman–Crippen MR) is 64.0 cm³/mol. The summed E-state index contributed by atoms with van der Waals surface area (Å²) in [5.41, 5.74) is 12.9. The Balaban J connectivity index is 2.35. The normalized spacial score (nSPS) is 28.4. The molecule has 0 aliphatic carbocycles. The summed E-state index contributed by atoms with van der Waals surface area (Å²) in [5.74, 6) is 0.627. The third-order valence-electron chi connectivity index (χ3n) is 3.34. The highest BCUT2D eigenvalue weighted by Crippen LogP contribution is 2.34. The van der Waals surface area contributed by atoms with Crippen molar-refractivity contribution in [2.45, 2.75) is 19.0 Å². The van der Waals surface area contributed by atoms with Gasteiger partial charge in [0.1, 0.15) is 11.6 Å². The van der Waals surface area contributed by atoms with E-state index in [1.807, 2.05) is 0 Å². The first-order valence-electron chi connectivity index (χ1n) is 5.72. The topological polar surface area (TPSA) is 59.3 Å². The first kappa shape index (κ1) is 12.3. The van der Waals surface area contributed by atoms with Crippen LogP contribution in [0.2, 0.25) is 0 Å². The summed E-state index contributed by atoms with van der Waals surface area (Å²) >= 11 is 0. The lowest BCUT2D eigenvalue weighted by atomic mass is 9.90. The van der Waals surface area contributed by atoms with Crippen molar-refractivity contribution in [3.8, 4) is 5.75 Å². The number of halogens is 1. The molecule has 1 aliphatic rings. The van der Waals surface area contributed by atoms with Crippen molar-refractivity contribution in [2.75, 3.05) is 13.7 Å². The van der Waals surface area contributed by atoms with Crippen molar-refractivity contribution in [1.82, 2.24) is 10.9 Å². The van der Waals surface area contributed by atoms with Crippen LogP contribution >= 0.6 is 0 Å². The Morgan fingerprint density at radius 1 is 1.41 bits per heavy atom. The summed E-state index contributed by atoms with van der Waals surface area (Å²) in [4.78, 5) is 0. The second-order valence-corrected chi connectivity index (χ2v) is 4.34. The maximum absolute atomic E-state index is 13.3. The average Bonchev–Trinajstić information content (AvgIpc) is 2.70. The fourth-order valence-corrected chi connectivity index (χ4v) is 2.32. The summed E-state index contributed by atoms with van der Waals surface area (Å²) in [6.07, 6.45) is 0. The second-order valence-electron chi connectivity index (χ2n) is 4.34. The lowest BCUT2D eigenvalue weighted by Crippen LogP contribution is -2.30. The van der Waals surface area contributed by atoms with Gasteiger partial charge in [-0.3, -0.25) is 5.43 Å². The predicted octanol–water partition coefficient (Wildman–Crippen LogP) is 0.947. The smallest absolute Gasteiger partial charge is 0.123 e. The van der Waals surface area contributed by atoms with Gasteiger partial charge in [-0.15, -0.1) is 0 Å². The lowest BCUT2D eigenvalue weighted by Gasteiger charge is -2.21. The lowest BCUT2D eigenvalue weighted by molar-refractivity contribution is 0.384. The van der Waals surface area contributed by atoms with Gasteiger partial charge in [0.15, 0.2) is 0 Å². The number of nitrogens with two attached hydrogens (primary N) is 1. The van der Waals surface area contributed by atoms with E-state index >= 15 is 0 Å². The second kappa shape index (κ2) is 5.00. The number of hydrogen-bond donors (Lipinski definition) is 3. The number of rotatable bonds is 3.